The fraction of sp³-hybridized carbons (Fsp3) is 0.429. The molecule has 5 rings (SSSR count). The minimum atomic E-state index is -1.21. The van der Waals surface area contributed by atoms with E-state index in [0.29, 0.717) is 11.8 Å². The Morgan fingerprint density at radius 3 is 3.00 bits per heavy atom. The molecule has 0 saturated carbocycles. The number of hydrogen-bond donors (Lipinski definition) is 2. The van der Waals surface area contributed by atoms with E-state index in [1.807, 2.05) is 30.3 Å². The first-order chi connectivity index (χ1) is 13.6. The predicted octanol–water partition coefficient (Wildman–Crippen LogP) is 3.38. The summed E-state index contributed by atoms with van der Waals surface area (Å²) in [7, 11) is 1.62. The molecule has 0 radical (unpaired) electrons. The normalized spacial score (nSPS) is 27.3. The summed E-state index contributed by atoms with van der Waals surface area (Å²) in [4.78, 5) is 23.7. The summed E-state index contributed by atoms with van der Waals surface area (Å²) >= 11 is 0. The van der Waals surface area contributed by atoms with E-state index in [0.717, 1.165) is 48.1 Å². The number of pyridine rings is 1. The van der Waals surface area contributed by atoms with Gasteiger partial charge in [0.05, 0.1) is 12.6 Å². The van der Waals surface area contributed by atoms with Crippen molar-refractivity contribution in [1.29, 1.82) is 0 Å². The van der Waals surface area contributed by atoms with Gasteiger partial charge in [0.2, 0.25) is 0 Å². The molecule has 2 N–H and O–H groups in total. The number of amides is 1. The summed E-state index contributed by atoms with van der Waals surface area (Å²) in [5.41, 5.74) is 3.87. The number of piperidine rings is 3. The molecule has 7 heteroatoms. The Kier molecular flexibility index (Phi) is 5.19. The van der Waals surface area contributed by atoms with Crippen LogP contribution in [-0.4, -0.2) is 47.3 Å². The van der Waals surface area contributed by atoms with E-state index in [1.165, 1.54) is 0 Å². The van der Waals surface area contributed by atoms with Crippen LogP contribution in [-0.2, 0) is 4.84 Å². The minimum Gasteiger partial charge on any atom is -0.497 e. The van der Waals surface area contributed by atoms with Gasteiger partial charge in [-0.05, 0) is 61.1 Å². The van der Waals surface area contributed by atoms with Crippen LogP contribution in [0.2, 0.25) is 0 Å². The Bertz CT molecular complexity index is 887. The fourth-order valence-corrected chi connectivity index (χ4v) is 4.68. The third kappa shape index (κ3) is 3.43. The first-order valence-electron chi connectivity index (χ1n) is 9.54. The molecule has 7 nitrogen and oxygen atoms in total. The van der Waals surface area contributed by atoms with E-state index < -0.39 is 12.2 Å². The fourth-order valence-electron chi connectivity index (χ4n) is 4.68. The van der Waals surface area contributed by atoms with Crippen molar-refractivity contribution < 1.29 is 19.5 Å². The number of hydroxylamine groups is 1. The molecule has 2 aromatic rings. The van der Waals surface area contributed by atoms with Gasteiger partial charge in [-0.2, -0.15) is 5.48 Å². The number of carboxylic acid groups (broad SMARTS) is 1. The van der Waals surface area contributed by atoms with E-state index >= 15 is 0 Å². The Morgan fingerprint density at radius 2 is 2.32 bits per heavy atom. The van der Waals surface area contributed by atoms with Crippen LogP contribution < -0.4 is 10.2 Å². The van der Waals surface area contributed by atoms with E-state index in [9.17, 15) is 4.79 Å². The zero-order chi connectivity index (χ0) is 19.7. The molecule has 1 aromatic heterocycles. The lowest BCUT2D eigenvalue weighted by Gasteiger charge is -2.51. The highest BCUT2D eigenvalue weighted by Gasteiger charge is 2.43. The van der Waals surface area contributed by atoms with Crippen LogP contribution in [0.5, 0.6) is 5.75 Å². The maximum atomic E-state index is 11.1. The molecule has 28 heavy (non-hydrogen) atoms. The number of rotatable bonds is 6. The van der Waals surface area contributed by atoms with Gasteiger partial charge >= 0.3 is 6.09 Å². The van der Waals surface area contributed by atoms with E-state index in [2.05, 4.69) is 21.9 Å². The van der Waals surface area contributed by atoms with Crippen molar-refractivity contribution >= 4 is 17.0 Å². The number of carbonyl (C=O) groups is 1. The predicted molar refractivity (Wildman–Crippen MR) is 105 cm³/mol. The van der Waals surface area contributed by atoms with Crippen LogP contribution in [0.15, 0.2) is 43.1 Å². The first kappa shape index (κ1) is 18.7. The molecule has 3 fully saturated rings. The van der Waals surface area contributed by atoms with Crippen LogP contribution in [0.4, 0.5) is 4.79 Å². The van der Waals surface area contributed by atoms with Crippen LogP contribution in [0, 0.1) is 11.8 Å². The summed E-state index contributed by atoms with van der Waals surface area (Å²) in [5, 5.41) is 10.0. The Hall–Kier alpha value is -2.64. The summed E-state index contributed by atoms with van der Waals surface area (Å²) in [6.07, 6.45) is 4.21. The van der Waals surface area contributed by atoms with Gasteiger partial charge in [0.1, 0.15) is 11.9 Å². The number of ether oxygens (including phenoxy) is 1. The molecular formula is C21H25N3O4. The highest BCUT2D eigenvalue weighted by atomic mass is 16.7. The third-order valence-corrected chi connectivity index (χ3v) is 6.07. The second-order valence-corrected chi connectivity index (χ2v) is 7.48. The summed E-state index contributed by atoms with van der Waals surface area (Å²) in [6.45, 7) is 5.89. The third-order valence-electron chi connectivity index (χ3n) is 6.07. The molecule has 0 spiro atoms. The number of methoxy groups -OCH3 is 1. The van der Waals surface area contributed by atoms with Gasteiger partial charge in [-0.1, -0.05) is 6.08 Å². The topological polar surface area (TPSA) is 83.9 Å². The largest absolute Gasteiger partial charge is 0.497 e. The molecular weight excluding hydrogens is 358 g/mol. The number of fused-ring (bicyclic) bond motifs is 4. The zero-order valence-corrected chi connectivity index (χ0v) is 15.9. The Morgan fingerprint density at radius 1 is 1.46 bits per heavy atom. The molecule has 4 heterocycles. The summed E-state index contributed by atoms with van der Waals surface area (Å²) in [6, 6.07) is 7.69. The van der Waals surface area contributed by atoms with Gasteiger partial charge in [0, 0.05) is 24.2 Å². The van der Waals surface area contributed by atoms with Gasteiger partial charge in [0.15, 0.2) is 0 Å². The Labute approximate surface area is 163 Å². The number of hydrogen-bond acceptors (Lipinski definition) is 5. The average molecular weight is 383 g/mol. The number of aromatic nitrogens is 1. The standard InChI is InChI=1S/C21H25N3O4/c1-3-13-12-24-9-7-14(13)10-19(24)20(28-23-21(25)26)16-6-8-22-18-5-4-15(27-2)11-17(16)18/h3-6,8,11,13-14,19-20,23H,1,7,9-10,12H2,2H3,(H,25,26)/t13-,14-,19+,20-/m0/s1. The lowest BCUT2D eigenvalue weighted by atomic mass is 9.73. The molecule has 3 aliphatic heterocycles. The van der Waals surface area contributed by atoms with Gasteiger partial charge in [-0.3, -0.25) is 14.7 Å². The Balaban J connectivity index is 1.74. The van der Waals surface area contributed by atoms with E-state index in [4.69, 9.17) is 14.7 Å². The molecule has 0 aliphatic carbocycles. The van der Waals surface area contributed by atoms with Crippen molar-refractivity contribution in [3.8, 4) is 5.75 Å². The van der Waals surface area contributed by atoms with Crippen LogP contribution in [0.3, 0.4) is 0 Å². The van der Waals surface area contributed by atoms with Gasteiger partial charge < -0.3 is 9.84 Å². The van der Waals surface area contributed by atoms with Crippen molar-refractivity contribution in [3.05, 3.63) is 48.7 Å². The average Bonchev–Trinajstić information content (AvgIpc) is 2.73. The van der Waals surface area contributed by atoms with E-state index in [-0.39, 0.29) is 6.04 Å². The molecule has 1 aromatic carbocycles. The van der Waals surface area contributed by atoms with Crippen molar-refractivity contribution in [1.82, 2.24) is 15.4 Å². The lowest BCUT2D eigenvalue weighted by molar-refractivity contribution is -0.102. The molecule has 3 aliphatic rings. The maximum absolute atomic E-state index is 11.1. The van der Waals surface area contributed by atoms with Gasteiger partial charge in [-0.15, -0.1) is 6.58 Å². The van der Waals surface area contributed by atoms with Crippen molar-refractivity contribution in [2.45, 2.75) is 25.0 Å². The number of benzene rings is 1. The van der Waals surface area contributed by atoms with Gasteiger partial charge in [-0.25, -0.2) is 4.79 Å². The monoisotopic (exact) mass is 383 g/mol. The number of nitrogens with zero attached hydrogens (tertiary/aromatic N) is 2. The second-order valence-electron chi connectivity index (χ2n) is 7.48. The molecule has 5 atom stereocenters. The van der Waals surface area contributed by atoms with Crippen molar-refractivity contribution in [3.63, 3.8) is 0 Å². The zero-order valence-electron chi connectivity index (χ0n) is 15.9. The lowest BCUT2D eigenvalue weighted by Crippen LogP contribution is -2.55. The molecule has 148 valence electrons. The maximum Gasteiger partial charge on any atom is 0.428 e. The highest BCUT2D eigenvalue weighted by molar-refractivity contribution is 5.84. The molecule has 1 amide bonds. The summed E-state index contributed by atoms with van der Waals surface area (Å²) < 4.78 is 5.38. The first-order valence-corrected chi connectivity index (χ1v) is 9.54. The highest BCUT2D eigenvalue weighted by Crippen LogP contribution is 2.43. The van der Waals surface area contributed by atoms with Crippen LogP contribution >= 0.6 is 0 Å². The molecule has 2 bridgehead atoms. The smallest absolute Gasteiger partial charge is 0.428 e. The number of nitrogens with one attached hydrogen (secondary N) is 1. The quantitative estimate of drug-likeness (QED) is 0.588. The summed E-state index contributed by atoms with van der Waals surface area (Å²) in [5.74, 6) is 1.75. The SMILES string of the molecule is C=C[C@H]1CN2CC[C@H]1C[C@@H]2[C@@H](ONC(=O)O)c1ccnc2ccc(OC)cc12. The van der Waals surface area contributed by atoms with Gasteiger partial charge in [0.25, 0.3) is 0 Å². The molecule has 3 saturated heterocycles. The second kappa shape index (κ2) is 7.77. The minimum absolute atomic E-state index is 0.0820. The molecule has 1 unspecified atom stereocenters. The van der Waals surface area contributed by atoms with E-state index in [1.54, 1.807) is 13.3 Å². The van der Waals surface area contributed by atoms with Crippen LogP contribution in [0.25, 0.3) is 10.9 Å². The van der Waals surface area contributed by atoms with Crippen LogP contribution in [0.1, 0.15) is 24.5 Å². The van der Waals surface area contributed by atoms with Crippen molar-refractivity contribution in [2.75, 3.05) is 20.2 Å². The van der Waals surface area contributed by atoms with Crippen molar-refractivity contribution in [2.24, 2.45) is 11.8 Å².